The first kappa shape index (κ1) is 16.4. The summed E-state index contributed by atoms with van der Waals surface area (Å²) in [6, 6.07) is 0. The van der Waals surface area contributed by atoms with Gasteiger partial charge in [-0.1, -0.05) is 6.92 Å². The van der Waals surface area contributed by atoms with E-state index in [1.54, 1.807) is 0 Å². The highest BCUT2D eigenvalue weighted by molar-refractivity contribution is 5.82. The lowest BCUT2D eigenvalue weighted by Crippen LogP contribution is -2.44. The highest BCUT2D eigenvalue weighted by atomic mass is 16.5. The molecule has 0 fully saturated rings. The van der Waals surface area contributed by atoms with Crippen molar-refractivity contribution >= 4 is 5.91 Å². The van der Waals surface area contributed by atoms with Crippen LogP contribution in [0.5, 0.6) is 0 Å². The molecule has 1 atom stereocenters. The van der Waals surface area contributed by atoms with Crippen LogP contribution in [0.1, 0.15) is 20.3 Å². The predicted molar refractivity (Wildman–Crippen MR) is 69.8 cm³/mol. The third-order valence-corrected chi connectivity index (χ3v) is 2.99. The topological polar surface area (TPSA) is 67.6 Å². The third kappa shape index (κ3) is 6.61. The molecular formula is C12H27N3O2. The number of nitrogens with one attached hydrogen (secondary N) is 1. The molecule has 0 aliphatic rings. The van der Waals surface area contributed by atoms with Crippen molar-refractivity contribution in [3.05, 3.63) is 0 Å². The second kappa shape index (κ2) is 8.44. The van der Waals surface area contributed by atoms with E-state index in [0.717, 1.165) is 13.0 Å². The summed E-state index contributed by atoms with van der Waals surface area (Å²) in [5.74, 6) is 0.0127. The first-order chi connectivity index (χ1) is 7.96. The van der Waals surface area contributed by atoms with Gasteiger partial charge in [0.25, 0.3) is 0 Å². The molecule has 17 heavy (non-hydrogen) atoms. The lowest BCUT2D eigenvalue weighted by atomic mass is 9.87. The minimum atomic E-state index is -0.455. The number of nitrogens with two attached hydrogens (primary N) is 1. The zero-order valence-corrected chi connectivity index (χ0v) is 11.6. The van der Waals surface area contributed by atoms with Crippen molar-refractivity contribution in [3.63, 3.8) is 0 Å². The highest BCUT2D eigenvalue weighted by Crippen LogP contribution is 2.18. The Kier molecular flexibility index (Phi) is 8.12. The molecule has 5 nitrogen and oxygen atoms in total. The van der Waals surface area contributed by atoms with Crippen LogP contribution in [0.2, 0.25) is 0 Å². The van der Waals surface area contributed by atoms with Gasteiger partial charge >= 0.3 is 0 Å². The van der Waals surface area contributed by atoms with Gasteiger partial charge < -0.3 is 20.7 Å². The molecule has 0 saturated heterocycles. The average molecular weight is 245 g/mol. The Morgan fingerprint density at radius 2 is 2.06 bits per heavy atom. The second-order valence-electron chi connectivity index (χ2n) is 4.79. The van der Waals surface area contributed by atoms with Crippen LogP contribution in [0.15, 0.2) is 0 Å². The van der Waals surface area contributed by atoms with Gasteiger partial charge in [-0.25, -0.2) is 0 Å². The van der Waals surface area contributed by atoms with Gasteiger partial charge in [0.05, 0.1) is 18.6 Å². The monoisotopic (exact) mass is 245 g/mol. The van der Waals surface area contributed by atoms with E-state index >= 15 is 0 Å². The standard InChI is InChI=1S/C12H27N3O2/c1-5-12(2,10-13)11(16)14-6-8-17-9-7-15(3)4/h5-10,13H2,1-4H3,(H,14,16). The normalized spacial score (nSPS) is 14.7. The summed E-state index contributed by atoms with van der Waals surface area (Å²) in [5.41, 5.74) is 5.15. The van der Waals surface area contributed by atoms with Crippen molar-refractivity contribution < 1.29 is 9.53 Å². The Bertz CT molecular complexity index is 216. The van der Waals surface area contributed by atoms with Gasteiger partial charge in [0, 0.05) is 19.6 Å². The van der Waals surface area contributed by atoms with Crippen molar-refractivity contribution in [2.24, 2.45) is 11.1 Å². The summed E-state index contributed by atoms with van der Waals surface area (Å²) in [7, 11) is 4.00. The first-order valence-corrected chi connectivity index (χ1v) is 6.17. The molecule has 0 aliphatic carbocycles. The van der Waals surface area contributed by atoms with Crippen molar-refractivity contribution in [3.8, 4) is 0 Å². The minimum absolute atomic E-state index is 0.0127. The smallest absolute Gasteiger partial charge is 0.227 e. The second-order valence-corrected chi connectivity index (χ2v) is 4.79. The van der Waals surface area contributed by atoms with Crippen LogP contribution < -0.4 is 11.1 Å². The van der Waals surface area contributed by atoms with Crippen LogP contribution in [0.25, 0.3) is 0 Å². The molecule has 1 unspecified atom stereocenters. The minimum Gasteiger partial charge on any atom is -0.378 e. The van der Waals surface area contributed by atoms with E-state index in [0.29, 0.717) is 26.3 Å². The third-order valence-electron chi connectivity index (χ3n) is 2.99. The Morgan fingerprint density at radius 3 is 2.53 bits per heavy atom. The lowest BCUT2D eigenvalue weighted by molar-refractivity contribution is -0.130. The first-order valence-electron chi connectivity index (χ1n) is 6.17. The zero-order chi connectivity index (χ0) is 13.3. The van der Waals surface area contributed by atoms with Crippen molar-refractivity contribution in [2.75, 3.05) is 46.9 Å². The number of carbonyl (C=O) groups excluding carboxylic acids is 1. The molecule has 0 rings (SSSR count). The molecule has 0 spiro atoms. The molecule has 0 saturated carbocycles. The predicted octanol–water partition coefficient (Wildman–Crippen LogP) is 0.0558. The zero-order valence-electron chi connectivity index (χ0n) is 11.6. The summed E-state index contributed by atoms with van der Waals surface area (Å²) in [4.78, 5) is 13.9. The maximum atomic E-state index is 11.8. The fourth-order valence-electron chi connectivity index (χ4n) is 1.20. The Hall–Kier alpha value is -0.650. The number of carbonyl (C=O) groups is 1. The maximum Gasteiger partial charge on any atom is 0.227 e. The van der Waals surface area contributed by atoms with E-state index < -0.39 is 5.41 Å². The molecule has 5 heteroatoms. The quantitative estimate of drug-likeness (QED) is 0.564. The number of rotatable bonds is 9. The van der Waals surface area contributed by atoms with Gasteiger partial charge in [-0.05, 0) is 27.4 Å². The molecule has 1 amide bonds. The Labute approximate surface area is 105 Å². The lowest BCUT2D eigenvalue weighted by Gasteiger charge is -2.24. The largest absolute Gasteiger partial charge is 0.378 e. The average Bonchev–Trinajstić information content (AvgIpc) is 2.31. The fraction of sp³-hybridized carbons (Fsp3) is 0.917. The number of nitrogens with zero attached hydrogens (tertiary/aromatic N) is 1. The van der Waals surface area contributed by atoms with Gasteiger partial charge in [0.15, 0.2) is 0 Å². The Balaban J connectivity index is 3.64. The van der Waals surface area contributed by atoms with Gasteiger partial charge in [0.2, 0.25) is 5.91 Å². The van der Waals surface area contributed by atoms with Gasteiger partial charge in [-0.3, -0.25) is 4.79 Å². The van der Waals surface area contributed by atoms with Gasteiger partial charge in [0.1, 0.15) is 0 Å². The van der Waals surface area contributed by atoms with Crippen LogP contribution in [0.4, 0.5) is 0 Å². The van der Waals surface area contributed by atoms with Crippen LogP contribution in [0, 0.1) is 5.41 Å². The van der Waals surface area contributed by atoms with E-state index in [4.69, 9.17) is 10.5 Å². The molecule has 0 radical (unpaired) electrons. The molecule has 0 aromatic rings. The van der Waals surface area contributed by atoms with E-state index in [9.17, 15) is 4.79 Å². The summed E-state index contributed by atoms with van der Waals surface area (Å²) >= 11 is 0. The fourth-order valence-corrected chi connectivity index (χ4v) is 1.20. The van der Waals surface area contributed by atoms with Crippen LogP contribution in [-0.4, -0.2) is 57.8 Å². The summed E-state index contributed by atoms with van der Waals surface area (Å²) in [5, 5.41) is 2.86. The van der Waals surface area contributed by atoms with Gasteiger partial charge in [-0.15, -0.1) is 0 Å². The maximum absolute atomic E-state index is 11.8. The highest BCUT2D eigenvalue weighted by Gasteiger charge is 2.28. The molecule has 0 aromatic heterocycles. The summed E-state index contributed by atoms with van der Waals surface area (Å²) < 4.78 is 5.39. The number of hydrogen-bond acceptors (Lipinski definition) is 4. The van der Waals surface area contributed by atoms with Crippen LogP contribution in [-0.2, 0) is 9.53 Å². The van der Waals surface area contributed by atoms with Gasteiger partial charge in [-0.2, -0.15) is 0 Å². The SMILES string of the molecule is CCC(C)(CN)C(=O)NCCOCCN(C)C. The molecule has 0 heterocycles. The van der Waals surface area contributed by atoms with Crippen LogP contribution in [0.3, 0.4) is 0 Å². The van der Waals surface area contributed by atoms with E-state index in [1.165, 1.54) is 0 Å². The molecule has 3 N–H and O–H groups in total. The molecule has 0 bridgehead atoms. The van der Waals surface area contributed by atoms with Crippen molar-refractivity contribution in [1.29, 1.82) is 0 Å². The Morgan fingerprint density at radius 1 is 1.41 bits per heavy atom. The van der Waals surface area contributed by atoms with E-state index in [2.05, 4.69) is 10.2 Å². The summed E-state index contributed by atoms with van der Waals surface area (Å²) in [6.45, 7) is 6.89. The van der Waals surface area contributed by atoms with E-state index in [1.807, 2.05) is 27.9 Å². The summed E-state index contributed by atoms with van der Waals surface area (Å²) in [6.07, 6.45) is 0.747. The number of likely N-dealkylation sites (N-methyl/N-ethyl adjacent to an activating group) is 1. The number of hydrogen-bond donors (Lipinski definition) is 2. The molecule has 0 aliphatic heterocycles. The van der Waals surface area contributed by atoms with E-state index in [-0.39, 0.29) is 5.91 Å². The molecule has 102 valence electrons. The number of ether oxygens (including phenoxy) is 1. The van der Waals surface area contributed by atoms with Crippen molar-refractivity contribution in [2.45, 2.75) is 20.3 Å². The molecular weight excluding hydrogens is 218 g/mol. The van der Waals surface area contributed by atoms with Crippen LogP contribution >= 0.6 is 0 Å². The molecule has 0 aromatic carbocycles. The van der Waals surface area contributed by atoms with Crippen molar-refractivity contribution in [1.82, 2.24) is 10.2 Å². The number of amides is 1.